The third kappa shape index (κ3) is 16.4. The van der Waals surface area contributed by atoms with Crippen molar-refractivity contribution in [1.29, 1.82) is 0 Å². The Morgan fingerprint density at radius 2 is 0.654 bits per heavy atom. The molecule has 0 saturated heterocycles. The molecule has 0 heterocycles. The van der Waals surface area contributed by atoms with E-state index in [-0.39, 0.29) is 12.4 Å². The van der Waals surface area contributed by atoms with Crippen LogP contribution in [0.1, 0.15) is 130 Å². The Kier molecular flexibility index (Phi) is 23.6. The lowest BCUT2D eigenvalue weighted by atomic mass is 10.1. The van der Waals surface area contributed by atoms with Gasteiger partial charge in [-0.25, -0.2) is 0 Å². The van der Waals surface area contributed by atoms with Crippen molar-refractivity contribution in [3.05, 3.63) is 0 Å². The molecule has 0 aromatic heterocycles. The maximum absolute atomic E-state index is 2.39. The van der Waals surface area contributed by atoms with E-state index in [9.17, 15) is 0 Å². The highest BCUT2D eigenvalue weighted by atomic mass is 35.5. The van der Waals surface area contributed by atoms with Crippen molar-refractivity contribution in [2.24, 2.45) is 0 Å². The highest BCUT2D eigenvalue weighted by Gasteiger charge is 2.24. The van der Waals surface area contributed by atoms with E-state index in [1.54, 1.807) is 0 Å². The van der Waals surface area contributed by atoms with Crippen molar-refractivity contribution >= 4 is 0 Å². The molecule has 0 aliphatic carbocycles. The Hall–Kier alpha value is 0.250. The van der Waals surface area contributed by atoms with Crippen molar-refractivity contribution in [3.8, 4) is 0 Å². The molecule has 0 aromatic rings. The molecule has 0 unspecified atom stereocenters. The largest absolute Gasteiger partial charge is 1.00 e. The van der Waals surface area contributed by atoms with Crippen molar-refractivity contribution in [2.45, 2.75) is 130 Å². The zero-order valence-corrected chi connectivity index (χ0v) is 19.7. The van der Waals surface area contributed by atoms with E-state index in [1.165, 1.54) is 133 Å². The molecule has 160 valence electrons. The maximum atomic E-state index is 2.39. The van der Waals surface area contributed by atoms with Gasteiger partial charge in [-0.2, -0.15) is 0 Å². The minimum absolute atomic E-state index is 0. The van der Waals surface area contributed by atoms with Gasteiger partial charge < -0.3 is 16.9 Å². The Labute approximate surface area is 173 Å². The van der Waals surface area contributed by atoms with Gasteiger partial charge in [0.1, 0.15) is 0 Å². The predicted octanol–water partition coefficient (Wildman–Crippen LogP) is 5.13. The number of quaternary nitrogens is 1. The maximum Gasteiger partial charge on any atom is 0.0786 e. The quantitative estimate of drug-likeness (QED) is 0.200. The van der Waals surface area contributed by atoms with Gasteiger partial charge in [0.2, 0.25) is 0 Å². The van der Waals surface area contributed by atoms with Crippen LogP contribution in [0.15, 0.2) is 0 Å². The van der Waals surface area contributed by atoms with E-state index >= 15 is 0 Å². The number of nitrogens with zero attached hydrogens (tertiary/aromatic N) is 1. The Bertz CT molecular complexity index is 229. The topological polar surface area (TPSA) is 0 Å². The van der Waals surface area contributed by atoms with Crippen LogP contribution in [0, 0.1) is 0 Å². The first-order valence-corrected chi connectivity index (χ1v) is 12.1. The second-order valence-electron chi connectivity index (χ2n) is 8.48. The average molecular weight is 390 g/mol. The van der Waals surface area contributed by atoms with Crippen molar-refractivity contribution in [3.63, 3.8) is 0 Å². The molecule has 2 heteroatoms. The molecule has 0 fully saturated rings. The van der Waals surface area contributed by atoms with Crippen molar-refractivity contribution in [2.75, 3.05) is 26.2 Å². The second-order valence-corrected chi connectivity index (χ2v) is 8.48. The molecule has 0 bridgehead atoms. The molecule has 0 aliphatic heterocycles. The summed E-state index contributed by atoms with van der Waals surface area (Å²) in [4.78, 5) is 0. The molecule has 0 N–H and O–H groups in total. The van der Waals surface area contributed by atoms with Crippen LogP contribution in [-0.4, -0.2) is 30.7 Å². The van der Waals surface area contributed by atoms with E-state index in [0.717, 1.165) is 0 Å². The van der Waals surface area contributed by atoms with Gasteiger partial charge in [-0.1, -0.05) is 91.9 Å². The number of hydrogen-bond acceptors (Lipinski definition) is 0. The van der Waals surface area contributed by atoms with E-state index < -0.39 is 0 Å². The smallest absolute Gasteiger partial charge is 0.0786 e. The predicted molar refractivity (Wildman–Crippen MR) is 116 cm³/mol. The molecule has 0 rings (SSSR count). The zero-order valence-electron chi connectivity index (χ0n) is 19.0. The van der Waals surface area contributed by atoms with Gasteiger partial charge in [-0.15, -0.1) is 0 Å². The lowest BCUT2D eigenvalue weighted by molar-refractivity contribution is -0.928. The molecule has 0 amide bonds. The summed E-state index contributed by atoms with van der Waals surface area (Å²) in [5.41, 5.74) is 0. The number of unbranched alkanes of at least 4 members (excludes halogenated alkanes) is 12. The first kappa shape index (κ1) is 28.5. The van der Waals surface area contributed by atoms with Crippen LogP contribution >= 0.6 is 0 Å². The van der Waals surface area contributed by atoms with Gasteiger partial charge in [-0.3, -0.25) is 0 Å². The third-order valence-corrected chi connectivity index (χ3v) is 5.87. The lowest BCUT2D eigenvalue weighted by Gasteiger charge is -2.39. The summed E-state index contributed by atoms with van der Waals surface area (Å²) in [5.74, 6) is 0. The normalized spacial score (nSPS) is 11.5. The fraction of sp³-hybridized carbons (Fsp3) is 1.00. The summed E-state index contributed by atoms with van der Waals surface area (Å²) in [5, 5.41) is 0. The standard InChI is InChI=1S/C24H52N.ClH/c1-5-9-11-13-15-17-19-23-25(21-7-3,22-8-4)24-20-18-16-14-12-10-6-2;/h5-24H2,1-4H3;1H/q+1;/p-1. The molecule has 0 atom stereocenters. The van der Waals surface area contributed by atoms with Gasteiger partial charge in [0.05, 0.1) is 26.2 Å². The third-order valence-electron chi connectivity index (χ3n) is 5.87. The molecule has 0 aliphatic rings. The minimum atomic E-state index is 0. The van der Waals surface area contributed by atoms with Crippen LogP contribution in [0.25, 0.3) is 0 Å². The van der Waals surface area contributed by atoms with E-state index in [4.69, 9.17) is 0 Å². The van der Waals surface area contributed by atoms with E-state index in [0.29, 0.717) is 0 Å². The van der Waals surface area contributed by atoms with E-state index in [2.05, 4.69) is 27.7 Å². The Balaban J connectivity index is 0. The number of hydrogen-bond donors (Lipinski definition) is 0. The SMILES string of the molecule is CCCCCCCCC[N+](CCC)(CCC)CCCCCCCCC.[Cl-]. The van der Waals surface area contributed by atoms with Crippen LogP contribution in [0.3, 0.4) is 0 Å². The van der Waals surface area contributed by atoms with Gasteiger partial charge in [0.15, 0.2) is 0 Å². The second kappa shape index (κ2) is 21.5. The van der Waals surface area contributed by atoms with Gasteiger partial charge in [0.25, 0.3) is 0 Å². The molecule has 0 spiro atoms. The highest BCUT2D eigenvalue weighted by molar-refractivity contribution is 4.52. The Morgan fingerprint density at radius 1 is 0.346 bits per heavy atom. The minimum Gasteiger partial charge on any atom is -1.00 e. The van der Waals surface area contributed by atoms with Crippen LogP contribution in [0.2, 0.25) is 0 Å². The molecule has 0 saturated carbocycles. The highest BCUT2D eigenvalue weighted by Crippen LogP contribution is 2.17. The summed E-state index contributed by atoms with van der Waals surface area (Å²) >= 11 is 0. The first-order valence-electron chi connectivity index (χ1n) is 12.1. The summed E-state index contributed by atoms with van der Waals surface area (Å²) in [6.45, 7) is 15.1. The van der Waals surface area contributed by atoms with Crippen LogP contribution < -0.4 is 12.4 Å². The summed E-state index contributed by atoms with van der Waals surface area (Å²) < 4.78 is 1.43. The van der Waals surface area contributed by atoms with Crippen molar-refractivity contribution in [1.82, 2.24) is 0 Å². The van der Waals surface area contributed by atoms with Crippen LogP contribution in [-0.2, 0) is 0 Å². The number of rotatable bonds is 20. The van der Waals surface area contributed by atoms with E-state index in [1.807, 2.05) is 0 Å². The molecule has 26 heavy (non-hydrogen) atoms. The molecule has 0 aromatic carbocycles. The summed E-state index contributed by atoms with van der Waals surface area (Å²) in [7, 11) is 0. The fourth-order valence-electron chi connectivity index (χ4n) is 4.43. The van der Waals surface area contributed by atoms with Gasteiger partial charge in [-0.05, 0) is 38.5 Å². The van der Waals surface area contributed by atoms with Gasteiger partial charge in [0, 0.05) is 0 Å². The lowest BCUT2D eigenvalue weighted by Crippen LogP contribution is -3.00. The average Bonchev–Trinajstić information content (AvgIpc) is 2.61. The number of halogens is 1. The monoisotopic (exact) mass is 389 g/mol. The Morgan fingerprint density at radius 3 is 0.962 bits per heavy atom. The van der Waals surface area contributed by atoms with Crippen LogP contribution in [0.4, 0.5) is 0 Å². The molecular formula is C24H52ClN. The molecular weight excluding hydrogens is 338 g/mol. The van der Waals surface area contributed by atoms with Crippen LogP contribution in [0.5, 0.6) is 0 Å². The first-order chi connectivity index (χ1) is 12.2. The fourth-order valence-corrected chi connectivity index (χ4v) is 4.43. The molecule has 0 radical (unpaired) electrons. The zero-order chi connectivity index (χ0) is 18.6. The molecule has 1 nitrogen and oxygen atoms in total. The van der Waals surface area contributed by atoms with Crippen molar-refractivity contribution < 1.29 is 16.9 Å². The summed E-state index contributed by atoms with van der Waals surface area (Å²) in [6.07, 6.45) is 22.9. The van der Waals surface area contributed by atoms with Gasteiger partial charge >= 0.3 is 0 Å². The summed E-state index contributed by atoms with van der Waals surface area (Å²) in [6, 6.07) is 0.